The second-order valence-electron chi connectivity index (χ2n) is 5.80. The molecule has 2 N–H and O–H groups in total. The third-order valence-electron chi connectivity index (χ3n) is 3.66. The number of ether oxygens (including phenoxy) is 1. The molecule has 0 aliphatic carbocycles. The Labute approximate surface area is 144 Å². The molecule has 0 aliphatic rings. The molecule has 2 aromatic carbocycles. The molecular weight excluding hydrogens is 300 g/mol. The lowest BCUT2D eigenvalue weighted by Gasteiger charge is -2.08. The maximum atomic E-state index is 11.7. The van der Waals surface area contributed by atoms with Crippen molar-refractivity contribution in [3.05, 3.63) is 71.3 Å². The monoisotopic (exact) mass is 326 g/mol. The highest BCUT2D eigenvalue weighted by molar-refractivity contribution is 5.73. The van der Waals surface area contributed by atoms with E-state index in [2.05, 4.69) is 28.8 Å². The zero-order valence-electron chi connectivity index (χ0n) is 14.3. The van der Waals surface area contributed by atoms with Crippen LogP contribution in [0, 0.1) is 6.92 Å². The van der Waals surface area contributed by atoms with Crippen molar-refractivity contribution < 1.29 is 9.53 Å². The number of rotatable bonds is 9. The Bertz CT molecular complexity index is 614. The van der Waals surface area contributed by atoms with E-state index in [-0.39, 0.29) is 6.03 Å². The molecule has 0 aromatic heterocycles. The van der Waals surface area contributed by atoms with E-state index in [1.807, 2.05) is 43.3 Å². The molecule has 0 atom stereocenters. The number of carbonyl (C=O) groups is 1. The van der Waals surface area contributed by atoms with Gasteiger partial charge in [-0.3, -0.25) is 0 Å². The van der Waals surface area contributed by atoms with E-state index in [1.54, 1.807) is 0 Å². The van der Waals surface area contributed by atoms with Crippen LogP contribution >= 0.6 is 0 Å². The summed E-state index contributed by atoms with van der Waals surface area (Å²) in [6.45, 7) is 4.57. The maximum Gasteiger partial charge on any atom is 0.315 e. The Hall–Kier alpha value is -2.33. The molecule has 2 rings (SSSR count). The molecule has 0 heterocycles. The number of hydrogen-bond donors (Lipinski definition) is 2. The normalized spacial score (nSPS) is 10.4. The molecule has 0 fully saturated rings. The Balaban J connectivity index is 1.47. The summed E-state index contributed by atoms with van der Waals surface area (Å²) in [6.07, 6.45) is 1.73. The highest BCUT2D eigenvalue weighted by atomic mass is 16.5. The summed E-state index contributed by atoms with van der Waals surface area (Å²) in [5, 5.41) is 5.70. The zero-order valence-corrected chi connectivity index (χ0v) is 14.3. The van der Waals surface area contributed by atoms with Crippen LogP contribution in [0.15, 0.2) is 54.6 Å². The summed E-state index contributed by atoms with van der Waals surface area (Å²) in [5.74, 6) is 0. The minimum atomic E-state index is -0.138. The molecule has 4 nitrogen and oxygen atoms in total. The van der Waals surface area contributed by atoms with Gasteiger partial charge in [-0.25, -0.2) is 4.79 Å². The quantitative estimate of drug-likeness (QED) is 0.694. The Morgan fingerprint density at radius 2 is 1.75 bits per heavy atom. The summed E-state index contributed by atoms with van der Waals surface area (Å²) < 4.78 is 5.59. The molecule has 2 aromatic rings. The van der Waals surface area contributed by atoms with Crippen LogP contribution in [0.4, 0.5) is 4.79 Å². The van der Waals surface area contributed by atoms with Gasteiger partial charge in [-0.15, -0.1) is 0 Å². The zero-order chi connectivity index (χ0) is 17.0. The van der Waals surface area contributed by atoms with Crippen LogP contribution in [0.5, 0.6) is 0 Å². The third-order valence-corrected chi connectivity index (χ3v) is 3.66. The van der Waals surface area contributed by atoms with Crippen LogP contribution in [0.25, 0.3) is 0 Å². The molecule has 0 bridgehead atoms. The fourth-order valence-corrected chi connectivity index (χ4v) is 2.38. The Morgan fingerprint density at radius 3 is 2.54 bits per heavy atom. The first-order valence-corrected chi connectivity index (χ1v) is 8.43. The number of amides is 2. The topological polar surface area (TPSA) is 50.4 Å². The molecule has 0 spiro atoms. The summed E-state index contributed by atoms with van der Waals surface area (Å²) in [7, 11) is 0. The van der Waals surface area contributed by atoms with Gasteiger partial charge in [0.05, 0.1) is 6.61 Å². The predicted molar refractivity (Wildman–Crippen MR) is 97.0 cm³/mol. The number of nitrogens with one attached hydrogen (secondary N) is 2. The number of carbonyl (C=O) groups excluding carboxylic acids is 1. The van der Waals surface area contributed by atoms with E-state index >= 15 is 0 Å². The SMILES string of the molecule is Cc1cccc(CNC(=O)NCCCOCCc2ccccc2)c1. The van der Waals surface area contributed by atoms with E-state index in [0.717, 1.165) is 18.4 Å². The van der Waals surface area contributed by atoms with Crippen LogP contribution in [0.3, 0.4) is 0 Å². The Morgan fingerprint density at radius 1 is 0.958 bits per heavy atom. The minimum Gasteiger partial charge on any atom is -0.381 e. The average molecular weight is 326 g/mol. The third kappa shape index (κ3) is 7.29. The summed E-state index contributed by atoms with van der Waals surface area (Å²) >= 11 is 0. The second-order valence-corrected chi connectivity index (χ2v) is 5.80. The summed E-state index contributed by atoms with van der Waals surface area (Å²) in [4.78, 5) is 11.7. The van der Waals surface area contributed by atoms with Gasteiger partial charge in [0, 0.05) is 19.7 Å². The fourth-order valence-electron chi connectivity index (χ4n) is 2.38. The fraction of sp³-hybridized carbons (Fsp3) is 0.350. The number of urea groups is 1. The van der Waals surface area contributed by atoms with Crippen molar-refractivity contribution in [1.82, 2.24) is 10.6 Å². The molecule has 2 amide bonds. The number of aryl methyl sites for hydroxylation is 1. The van der Waals surface area contributed by atoms with Gasteiger partial charge in [-0.2, -0.15) is 0 Å². The smallest absolute Gasteiger partial charge is 0.315 e. The molecule has 0 saturated heterocycles. The highest BCUT2D eigenvalue weighted by Crippen LogP contribution is 2.03. The summed E-state index contributed by atoms with van der Waals surface area (Å²) in [5.41, 5.74) is 3.59. The minimum absolute atomic E-state index is 0.138. The molecule has 0 aliphatic heterocycles. The average Bonchev–Trinajstić information content (AvgIpc) is 2.60. The standard InChI is InChI=1S/C20H26N2O2/c1-17-7-5-10-19(15-17)16-22-20(23)21-12-6-13-24-14-11-18-8-3-2-4-9-18/h2-5,7-10,15H,6,11-14,16H2,1H3,(H2,21,22,23). The Kier molecular flexibility index (Phi) is 7.84. The second kappa shape index (κ2) is 10.4. The molecule has 0 radical (unpaired) electrons. The first-order chi connectivity index (χ1) is 11.7. The molecule has 24 heavy (non-hydrogen) atoms. The first kappa shape index (κ1) is 18.0. The van der Waals surface area contributed by atoms with Crippen molar-refractivity contribution in [2.45, 2.75) is 26.3 Å². The van der Waals surface area contributed by atoms with Crippen molar-refractivity contribution in [2.75, 3.05) is 19.8 Å². The van der Waals surface area contributed by atoms with Crippen molar-refractivity contribution in [3.63, 3.8) is 0 Å². The highest BCUT2D eigenvalue weighted by Gasteiger charge is 2.00. The van der Waals surface area contributed by atoms with Gasteiger partial charge in [-0.1, -0.05) is 60.2 Å². The summed E-state index contributed by atoms with van der Waals surface area (Å²) in [6, 6.07) is 18.3. The van der Waals surface area contributed by atoms with Crippen LogP contribution < -0.4 is 10.6 Å². The van der Waals surface area contributed by atoms with Gasteiger partial charge >= 0.3 is 6.03 Å². The van der Waals surface area contributed by atoms with Crippen molar-refractivity contribution in [2.24, 2.45) is 0 Å². The van der Waals surface area contributed by atoms with E-state index < -0.39 is 0 Å². The van der Waals surface area contributed by atoms with E-state index in [4.69, 9.17) is 4.74 Å². The van der Waals surface area contributed by atoms with Crippen molar-refractivity contribution >= 4 is 6.03 Å². The lowest BCUT2D eigenvalue weighted by atomic mass is 10.1. The van der Waals surface area contributed by atoms with Crippen LogP contribution in [0.2, 0.25) is 0 Å². The lowest BCUT2D eigenvalue weighted by molar-refractivity contribution is 0.135. The van der Waals surface area contributed by atoms with Crippen molar-refractivity contribution in [3.8, 4) is 0 Å². The van der Waals surface area contributed by atoms with Crippen LogP contribution in [0.1, 0.15) is 23.1 Å². The van der Waals surface area contributed by atoms with Crippen LogP contribution in [-0.2, 0) is 17.7 Å². The van der Waals surface area contributed by atoms with Crippen LogP contribution in [-0.4, -0.2) is 25.8 Å². The van der Waals surface area contributed by atoms with Gasteiger partial charge in [0.25, 0.3) is 0 Å². The van der Waals surface area contributed by atoms with Crippen molar-refractivity contribution in [1.29, 1.82) is 0 Å². The van der Waals surface area contributed by atoms with Gasteiger partial charge < -0.3 is 15.4 Å². The lowest BCUT2D eigenvalue weighted by Crippen LogP contribution is -2.35. The molecular formula is C20H26N2O2. The molecule has 4 heteroatoms. The van der Waals surface area contributed by atoms with Gasteiger partial charge in [0.1, 0.15) is 0 Å². The molecule has 0 saturated carbocycles. The van der Waals surface area contributed by atoms with E-state index in [9.17, 15) is 4.79 Å². The number of benzene rings is 2. The molecule has 0 unspecified atom stereocenters. The predicted octanol–water partition coefficient (Wildman–Crippen LogP) is 3.44. The van der Waals surface area contributed by atoms with Gasteiger partial charge in [0.15, 0.2) is 0 Å². The number of hydrogen-bond acceptors (Lipinski definition) is 2. The van der Waals surface area contributed by atoms with E-state index in [0.29, 0.717) is 26.3 Å². The van der Waals surface area contributed by atoms with Gasteiger partial charge in [-0.05, 0) is 30.9 Å². The molecule has 128 valence electrons. The first-order valence-electron chi connectivity index (χ1n) is 8.43. The maximum absolute atomic E-state index is 11.7. The largest absolute Gasteiger partial charge is 0.381 e. The van der Waals surface area contributed by atoms with E-state index in [1.165, 1.54) is 11.1 Å². The van der Waals surface area contributed by atoms with Gasteiger partial charge in [0.2, 0.25) is 0 Å².